The van der Waals surface area contributed by atoms with E-state index in [2.05, 4.69) is 17.2 Å². The Kier molecular flexibility index (Phi) is 3.36. The second kappa shape index (κ2) is 4.75. The van der Waals surface area contributed by atoms with Crippen LogP contribution in [0.3, 0.4) is 0 Å². The van der Waals surface area contributed by atoms with Crippen molar-refractivity contribution < 1.29 is 4.42 Å². The molecule has 1 aromatic heterocycles. The van der Waals surface area contributed by atoms with E-state index in [9.17, 15) is 0 Å². The Morgan fingerprint density at radius 1 is 1.60 bits per heavy atom. The molecule has 0 spiro atoms. The summed E-state index contributed by atoms with van der Waals surface area (Å²) in [6.45, 7) is 4.77. The van der Waals surface area contributed by atoms with Gasteiger partial charge in [0.05, 0.1) is 6.54 Å². The van der Waals surface area contributed by atoms with Gasteiger partial charge in [0.15, 0.2) is 5.17 Å². The molecule has 1 fully saturated rings. The highest BCUT2D eigenvalue weighted by Gasteiger charge is 2.12. The van der Waals surface area contributed by atoms with Gasteiger partial charge in [-0.25, -0.2) is 0 Å². The summed E-state index contributed by atoms with van der Waals surface area (Å²) in [6, 6.07) is 4.50. The predicted molar refractivity (Wildman–Crippen MR) is 64.3 cm³/mol. The molecule has 1 aliphatic rings. The van der Waals surface area contributed by atoms with Crippen LogP contribution < -0.4 is 5.32 Å². The minimum Gasteiger partial charge on any atom is -0.464 e. The Hall–Kier alpha value is -0.900. The number of rotatable bonds is 2. The average molecular weight is 224 g/mol. The largest absolute Gasteiger partial charge is 0.464 e. The molecule has 0 bridgehead atoms. The summed E-state index contributed by atoms with van der Waals surface area (Å²) >= 11 is 1.79. The van der Waals surface area contributed by atoms with E-state index in [1.54, 1.807) is 11.8 Å². The lowest BCUT2D eigenvalue weighted by atomic mass is 10.3. The van der Waals surface area contributed by atoms with Crippen LogP contribution in [0.5, 0.6) is 0 Å². The molecule has 0 aromatic carbocycles. The Morgan fingerprint density at radius 3 is 3.13 bits per heavy atom. The Morgan fingerprint density at radius 2 is 2.47 bits per heavy atom. The molecule has 3 nitrogen and oxygen atoms in total. The summed E-state index contributed by atoms with van der Waals surface area (Å²) in [4.78, 5) is 4.49. The standard InChI is InChI=1S/C11H16N2OS/c1-8-5-6-15-11(13-8)12-7-10-4-3-9(2)14-10/h3-4,8H,5-7H2,1-2H3,(H,12,13). The number of amidine groups is 1. The number of hydrogen-bond acceptors (Lipinski definition) is 3. The van der Waals surface area contributed by atoms with Crippen LogP contribution >= 0.6 is 11.8 Å². The third kappa shape index (κ3) is 3.02. The van der Waals surface area contributed by atoms with E-state index in [1.165, 1.54) is 6.42 Å². The summed E-state index contributed by atoms with van der Waals surface area (Å²) in [5, 5.41) is 4.41. The van der Waals surface area contributed by atoms with E-state index < -0.39 is 0 Å². The highest BCUT2D eigenvalue weighted by Crippen LogP contribution is 2.15. The van der Waals surface area contributed by atoms with Crippen LogP contribution in [0.4, 0.5) is 0 Å². The molecular weight excluding hydrogens is 208 g/mol. The molecule has 0 saturated carbocycles. The van der Waals surface area contributed by atoms with Gasteiger partial charge < -0.3 is 9.73 Å². The number of nitrogens with one attached hydrogen (secondary N) is 1. The van der Waals surface area contributed by atoms with E-state index in [0.29, 0.717) is 12.6 Å². The van der Waals surface area contributed by atoms with Gasteiger partial charge >= 0.3 is 0 Å². The molecule has 15 heavy (non-hydrogen) atoms. The first kappa shape index (κ1) is 10.6. The van der Waals surface area contributed by atoms with Crippen LogP contribution in [0, 0.1) is 6.92 Å². The molecule has 1 saturated heterocycles. The topological polar surface area (TPSA) is 37.5 Å². The van der Waals surface area contributed by atoms with Crippen molar-refractivity contribution in [2.75, 3.05) is 5.75 Å². The first-order chi connectivity index (χ1) is 7.24. The van der Waals surface area contributed by atoms with Crippen LogP contribution in [0.2, 0.25) is 0 Å². The van der Waals surface area contributed by atoms with Gasteiger partial charge in [-0.05, 0) is 32.4 Å². The highest BCUT2D eigenvalue weighted by molar-refractivity contribution is 8.13. The number of nitrogens with zero attached hydrogens (tertiary/aromatic N) is 1. The van der Waals surface area contributed by atoms with Crippen molar-refractivity contribution in [2.24, 2.45) is 4.99 Å². The summed E-state index contributed by atoms with van der Waals surface area (Å²) in [5.74, 6) is 3.04. The average Bonchev–Trinajstić information content (AvgIpc) is 2.62. The van der Waals surface area contributed by atoms with E-state index in [4.69, 9.17) is 4.42 Å². The van der Waals surface area contributed by atoms with Gasteiger partial charge in [0.2, 0.25) is 0 Å². The number of thioether (sulfide) groups is 1. The van der Waals surface area contributed by atoms with Crippen LogP contribution in [0.25, 0.3) is 0 Å². The minimum atomic E-state index is 0.545. The molecule has 82 valence electrons. The molecule has 1 aliphatic heterocycles. The first-order valence-electron chi connectivity index (χ1n) is 5.23. The number of furan rings is 1. The zero-order valence-corrected chi connectivity index (χ0v) is 9.93. The fourth-order valence-electron chi connectivity index (χ4n) is 1.47. The van der Waals surface area contributed by atoms with Crippen molar-refractivity contribution in [3.8, 4) is 0 Å². The fraction of sp³-hybridized carbons (Fsp3) is 0.545. The van der Waals surface area contributed by atoms with Crippen molar-refractivity contribution in [3.63, 3.8) is 0 Å². The zero-order chi connectivity index (χ0) is 10.7. The highest BCUT2D eigenvalue weighted by atomic mass is 32.2. The summed E-state index contributed by atoms with van der Waals surface area (Å²) < 4.78 is 5.46. The maximum Gasteiger partial charge on any atom is 0.157 e. The quantitative estimate of drug-likeness (QED) is 0.839. The molecule has 1 aromatic rings. The predicted octanol–water partition coefficient (Wildman–Crippen LogP) is 2.56. The molecule has 1 unspecified atom stereocenters. The minimum absolute atomic E-state index is 0.545. The monoisotopic (exact) mass is 224 g/mol. The van der Waals surface area contributed by atoms with Crippen molar-refractivity contribution in [2.45, 2.75) is 32.9 Å². The van der Waals surface area contributed by atoms with Crippen molar-refractivity contribution in [1.29, 1.82) is 0 Å². The van der Waals surface area contributed by atoms with Crippen molar-refractivity contribution >= 4 is 16.9 Å². The molecule has 0 aliphatic carbocycles. The maximum absolute atomic E-state index is 5.46. The Bertz CT molecular complexity index is 359. The van der Waals surface area contributed by atoms with Gasteiger partial charge in [-0.15, -0.1) is 0 Å². The molecule has 2 rings (SSSR count). The summed E-state index contributed by atoms with van der Waals surface area (Å²) in [5.41, 5.74) is 0. The van der Waals surface area contributed by atoms with E-state index in [-0.39, 0.29) is 0 Å². The van der Waals surface area contributed by atoms with E-state index in [1.807, 2.05) is 19.1 Å². The van der Waals surface area contributed by atoms with Crippen LogP contribution in [-0.2, 0) is 6.54 Å². The molecule has 0 radical (unpaired) electrons. The van der Waals surface area contributed by atoms with Gasteiger partial charge in [0.1, 0.15) is 11.5 Å². The van der Waals surface area contributed by atoms with Crippen LogP contribution in [0.15, 0.2) is 21.5 Å². The van der Waals surface area contributed by atoms with Gasteiger partial charge in [-0.1, -0.05) is 11.8 Å². The Labute approximate surface area is 94.3 Å². The normalized spacial score (nSPS) is 24.1. The van der Waals surface area contributed by atoms with E-state index >= 15 is 0 Å². The molecule has 1 N–H and O–H groups in total. The van der Waals surface area contributed by atoms with Gasteiger partial charge in [0.25, 0.3) is 0 Å². The second-order valence-electron chi connectivity index (χ2n) is 3.82. The van der Waals surface area contributed by atoms with Gasteiger partial charge in [-0.3, -0.25) is 4.99 Å². The van der Waals surface area contributed by atoms with Crippen molar-refractivity contribution in [3.05, 3.63) is 23.7 Å². The Balaban J connectivity index is 1.93. The summed E-state index contributed by atoms with van der Waals surface area (Å²) in [7, 11) is 0. The smallest absolute Gasteiger partial charge is 0.157 e. The number of aryl methyl sites for hydroxylation is 1. The van der Waals surface area contributed by atoms with Crippen LogP contribution in [-0.4, -0.2) is 17.0 Å². The molecule has 4 heteroatoms. The number of hydrogen-bond donors (Lipinski definition) is 1. The maximum atomic E-state index is 5.46. The lowest BCUT2D eigenvalue weighted by Gasteiger charge is -2.21. The third-order valence-corrected chi connectivity index (χ3v) is 3.29. The zero-order valence-electron chi connectivity index (χ0n) is 9.12. The molecule has 2 heterocycles. The van der Waals surface area contributed by atoms with Crippen LogP contribution in [0.1, 0.15) is 24.9 Å². The lowest BCUT2D eigenvalue weighted by molar-refractivity contribution is 0.485. The number of aliphatic imine (C=N–C) groups is 1. The SMILES string of the molecule is Cc1ccc(CN=C2NC(C)CCS2)o1. The van der Waals surface area contributed by atoms with E-state index in [0.717, 1.165) is 22.4 Å². The molecule has 0 amide bonds. The molecule has 1 atom stereocenters. The second-order valence-corrected chi connectivity index (χ2v) is 4.90. The third-order valence-electron chi connectivity index (χ3n) is 2.33. The first-order valence-corrected chi connectivity index (χ1v) is 6.21. The fourth-order valence-corrected chi connectivity index (χ4v) is 2.57. The van der Waals surface area contributed by atoms with Gasteiger partial charge in [-0.2, -0.15) is 0 Å². The summed E-state index contributed by atoms with van der Waals surface area (Å²) in [6.07, 6.45) is 1.21. The molecular formula is C11H16N2OS. The van der Waals surface area contributed by atoms with Crippen molar-refractivity contribution in [1.82, 2.24) is 5.32 Å². The van der Waals surface area contributed by atoms with Gasteiger partial charge in [0, 0.05) is 11.8 Å². The lowest BCUT2D eigenvalue weighted by Crippen LogP contribution is -2.35.